The van der Waals surface area contributed by atoms with Crippen molar-refractivity contribution in [3.8, 4) is 33.9 Å². The summed E-state index contributed by atoms with van der Waals surface area (Å²) in [5.74, 6) is 0.564. The maximum atomic E-state index is 11.5. The SMILES string of the molecule is Cn1c(-c2ccc(NC(=O)CCl)cc2)nc(-c2ccccc2)c1-c1ccccc1. The number of rotatable bonds is 5. The van der Waals surface area contributed by atoms with Crippen LogP contribution < -0.4 is 5.32 Å². The summed E-state index contributed by atoms with van der Waals surface area (Å²) >= 11 is 5.56. The van der Waals surface area contributed by atoms with Gasteiger partial charge in [0.1, 0.15) is 11.7 Å². The molecular formula is C24H20ClN3O. The van der Waals surface area contributed by atoms with Crippen LogP contribution in [-0.2, 0) is 11.8 Å². The van der Waals surface area contributed by atoms with Crippen molar-refractivity contribution in [2.24, 2.45) is 7.05 Å². The number of amides is 1. The maximum Gasteiger partial charge on any atom is 0.239 e. The lowest BCUT2D eigenvalue weighted by atomic mass is 10.1. The third kappa shape index (κ3) is 3.93. The summed E-state index contributed by atoms with van der Waals surface area (Å²) in [6, 6.07) is 28.1. The smallest absolute Gasteiger partial charge is 0.239 e. The molecule has 0 radical (unpaired) electrons. The van der Waals surface area contributed by atoms with E-state index in [9.17, 15) is 4.79 Å². The van der Waals surface area contributed by atoms with Crippen LogP contribution in [0.3, 0.4) is 0 Å². The number of benzene rings is 3. The van der Waals surface area contributed by atoms with Crippen LogP contribution in [0.25, 0.3) is 33.9 Å². The maximum absolute atomic E-state index is 11.5. The first-order valence-electron chi connectivity index (χ1n) is 9.31. The van der Waals surface area contributed by atoms with Crippen LogP contribution >= 0.6 is 11.6 Å². The van der Waals surface area contributed by atoms with Crippen LogP contribution in [0.1, 0.15) is 0 Å². The van der Waals surface area contributed by atoms with Gasteiger partial charge in [-0.3, -0.25) is 4.79 Å². The molecule has 0 aliphatic rings. The minimum atomic E-state index is -0.228. The molecule has 4 aromatic rings. The van der Waals surface area contributed by atoms with Gasteiger partial charge in [-0.1, -0.05) is 60.7 Å². The Kier molecular flexibility index (Phi) is 5.45. The van der Waals surface area contributed by atoms with E-state index in [0.29, 0.717) is 5.69 Å². The monoisotopic (exact) mass is 401 g/mol. The number of carbonyl (C=O) groups is 1. The van der Waals surface area contributed by atoms with Crippen LogP contribution in [0, 0.1) is 0 Å². The number of nitrogens with zero attached hydrogens (tertiary/aromatic N) is 2. The number of halogens is 1. The van der Waals surface area contributed by atoms with E-state index >= 15 is 0 Å². The van der Waals surface area contributed by atoms with Gasteiger partial charge in [-0.2, -0.15) is 0 Å². The van der Waals surface area contributed by atoms with Crippen molar-refractivity contribution < 1.29 is 4.79 Å². The van der Waals surface area contributed by atoms with E-state index < -0.39 is 0 Å². The largest absolute Gasteiger partial charge is 0.327 e. The molecule has 0 spiro atoms. The van der Waals surface area contributed by atoms with Gasteiger partial charge in [-0.15, -0.1) is 11.6 Å². The summed E-state index contributed by atoms with van der Waals surface area (Å²) in [7, 11) is 2.03. The molecule has 1 heterocycles. The molecule has 1 N–H and O–H groups in total. The molecule has 1 amide bonds. The molecule has 0 aliphatic heterocycles. The minimum absolute atomic E-state index is 0.0675. The molecular weight excluding hydrogens is 382 g/mol. The Morgan fingerprint density at radius 3 is 2.03 bits per heavy atom. The van der Waals surface area contributed by atoms with Gasteiger partial charge in [0.25, 0.3) is 0 Å². The van der Waals surface area contributed by atoms with E-state index in [0.717, 1.165) is 33.9 Å². The molecule has 1 aromatic heterocycles. The second kappa shape index (κ2) is 8.33. The quantitative estimate of drug-likeness (QED) is 0.442. The van der Waals surface area contributed by atoms with Crippen molar-refractivity contribution in [1.29, 1.82) is 0 Å². The number of carbonyl (C=O) groups excluding carboxylic acids is 1. The lowest BCUT2D eigenvalue weighted by molar-refractivity contribution is -0.113. The summed E-state index contributed by atoms with van der Waals surface area (Å²) in [5, 5.41) is 2.76. The van der Waals surface area contributed by atoms with Gasteiger partial charge in [-0.25, -0.2) is 4.98 Å². The topological polar surface area (TPSA) is 46.9 Å². The molecule has 29 heavy (non-hydrogen) atoms. The van der Waals surface area contributed by atoms with Gasteiger partial charge < -0.3 is 9.88 Å². The molecule has 0 saturated heterocycles. The van der Waals surface area contributed by atoms with E-state index in [2.05, 4.69) is 34.1 Å². The highest BCUT2D eigenvalue weighted by molar-refractivity contribution is 6.29. The Balaban J connectivity index is 1.81. The molecule has 0 bridgehead atoms. The third-order valence-electron chi connectivity index (χ3n) is 4.74. The Bertz CT molecular complexity index is 1120. The van der Waals surface area contributed by atoms with Crippen LogP contribution in [-0.4, -0.2) is 21.3 Å². The number of nitrogens with one attached hydrogen (secondary N) is 1. The summed E-state index contributed by atoms with van der Waals surface area (Å²) in [5.41, 5.74) is 5.86. The van der Waals surface area contributed by atoms with E-state index in [-0.39, 0.29) is 11.8 Å². The normalized spacial score (nSPS) is 10.7. The fourth-order valence-corrected chi connectivity index (χ4v) is 3.44. The van der Waals surface area contributed by atoms with Gasteiger partial charge in [0.05, 0.1) is 11.4 Å². The molecule has 0 unspecified atom stereocenters. The lowest BCUT2D eigenvalue weighted by Crippen LogP contribution is -2.12. The molecule has 0 aliphatic carbocycles. The van der Waals surface area contributed by atoms with E-state index in [1.54, 1.807) is 0 Å². The van der Waals surface area contributed by atoms with E-state index in [1.807, 2.05) is 67.7 Å². The average Bonchev–Trinajstić information content (AvgIpc) is 3.12. The van der Waals surface area contributed by atoms with Gasteiger partial charge >= 0.3 is 0 Å². The van der Waals surface area contributed by atoms with Crippen molar-refractivity contribution in [3.63, 3.8) is 0 Å². The Labute approximate surface area is 174 Å². The second-order valence-corrected chi connectivity index (χ2v) is 6.95. The van der Waals surface area contributed by atoms with Crippen LogP contribution in [0.5, 0.6) is 0 Å². The average molecular weight is 402 g/mol. The number of hydrogen-bond donors (Lipinski definition) is 1. The predicted octanol–water partition coefficient (Wildman–Crippen LogP) is 5.60. The lowest BCUT2D eigenvalue weighted by Gasteiger charge is -2.09. The minimum Gasteiger partial charge on any atom is -0.327 e. The highest BCUT2D eigenvalue weighted by atomic mass is 35.5. The zero-order valence-electron chi connectivity index (χ0n) is 16.0. The standard InChI is InChI=1S/C24H20ClN3O/c1-28-23(18-10-6-3-7-11-18)22(17-8-4-2-5-9-17)27-24(28)19-12-14-20(15-13-19)26-21(29)16-25/h2-15H,16H2,1H3,(H,26,29). The molecule has 0 atom stereocenters. The van der Waals surface area contributed by atoms with Crippen LogP contribution in [0.15, 0.2) is 84.9 Å². The first-order chi connectivity index (χ1) is 14.2. The molecule has 0 fully saturated rings. The van der Waals surface area contributed by atoms with Crippen molar-refractivity contribution in [2.75, 3.05) is 11.2 Å². The van der Waals surface area contributed by atoms with Crippen molar-refractivity contribution in [2.45, 2.75) is 0 Å². The van der Waals surface area contributed by atoms with Crippen molar-refractivity contribution in [1.82, 2.24) is 9.55 Å². The highest BCUT2D eigenvalue weighted by Gasteiger charge is 2.18. The van der Waals surface area contributed by atoms with Crippen molar-refractivity contribution in [3.05, 3.63) is 84.9 Å². The molecule has 4 nitrogen and oxygen atoms in total. The fraction of sp³-hybridized carbons (Fsp3) is 0.0833. The van der Waals surface area contributed by atoms with Crippen LogP contribution in [0.2, 0.25) is 0 Å². The molecule has 5 heteroatoms. The molecule has 144 valence electrons. The zero-order valence-corrected chi connectivity index (χ0v) is 16.7. The van der Waals surface area contributed by atoms with Gasteiger partial charge in [0, 0.05) is 29.4 Å². The Hall–Kier alpha value is -3.37. The van der Waals surface area contributed by atoms with Gasteiger partial charge in [0.15, 0.2) is 0 Å². The highest BCUT2D eigenvalue weighted by Crippen LogP contribution is 2.35. The number of anilines is 1. The van der Waals surface area contributed by atoms with Crippen LogP contribution in [0.4, 0.5) is 5.69 Å². The Morgan fingerprint density at radius 1 is 0.862 bits per heavy atom. The Morgan fingerprint density at radius 2 is 1.45 bits per heavy atom. The van der Waals surface area contributed by atoms with Gasteiger partial charge in [-0.05, 0) is 24.3 Å². The number of alkyl halides is 1. The van der Waals surface area contributed by atoms with Crippen molar-refractivity contribution >= 4 is 23.2 Å². The summed E-state index contributed by atoms with van der Waals surface area (Å²) in [6.07, 6.45) is 0. The second-order valence-electron chi connectivity index (χ2n) is 6.68. The third-order valence-corrected chi connectivity index (χ3v) is 4.98. The van der Waals surface area contributed by atoms with E-state index in [1.165, 1.54) is 0 Å². The molecule has 0 saturated carbocycles. The van der Waals surface area contributed by atoms with Gasteiger partial charge in [0.2, 0.25) is 5.91 Å². The van der Waals surface area contributed by atoms with E-state index in [4.69, 9.17) is 16.6 Å². The molecule has 3 aromatic carbocycles. The zero-order chi connectivity index (χ0) is 20.2. The first kappa shape index (κ1) is 19.0. The predicted molar refractivity (Wildman–Crippen MR) is 119 cm³/mol. The fourth-order valence-electron chi connectivity index (χ4n) is 3.38. The number of aromatic nitrogens is 2. The molecule has 4 rings (SSSR count). The summed E-state index contributed by atoms with van der Waals surface area (Å²) in [4.78, 5) is 16.5. The first-order valence-corrected chi connectivity index (χ1v) is 9.84. The number of imidazole rings is 1. The summed E-state index contributed by atoms with van der Waals surface area (Å²) in [6.45, 7) is 0. The summed E-state index contributed by atoms with van der Waals surface area (Å²) < 4.78 is 2.12. The number of hydrogen-bond acceptors (Lipinski definition) is 2.